The van der Waals surface area contributed by atoms with Gasteiger partial charge in [0.25, 0.3) is 0 Å². The molecule has 0 saturated carbocycles. The third-order valence-electron chi connectivity index (χ3n) is 3.24. The molecule has 4 heteroatoms. The van der Waals surface area contributed by atoms with Gasteiger partial charge in [0.15, 0.2) is 11.5 Å². The van der Waals surface area contributed by atoms with Gasteiger partial charge in [-0.25, -0.2) is 0 Å². The first-order chi connectivity index (χ1) is 8.91. The summed E-state index contributed by atoms with van der Waals surface area (Å²) in [6.45, 7) is 6.24. The summed E-state index contributed by atoms with van der Waals surface area (Å²) in [5, 5.41) is 3.31. The lowest BCUT2D eigenvalue weighted by molar-refractivity contribution is 0.238. The van der Waals surface area contributed by atoms with E-state index >= 15 is 0 Å². The molecule has 0 spiro atoms. The van der Waals surface area contributed by atoms with Crippen molar-refractivity contribution in [2.45, 2.75) is 25.9 Å². The van der Waals surface area contributed by atoms with E-state index in [2.05, 4.69) is 37.2 Å². The predicted molar refractivity (Wildman–Crippen MR) is 79.0 cm³/mol. The van der Waals surface area contributed by atoms with Crippen molar-refractivity contribution in [1.82, 2.24) is 10.2 Å². The van der Waals surface area contributed by atoms with Crippen molar-refractivity contribution in [3.63, 3.8) is 0 Å². The third kappa shape index (κ3) is 4.73. The zero-order valence-electron chi connectivity index (χ0n) is 12.9. The zero-order valence-corrected chi connectivity index (χ0v) is 12.9. The van der Waals surface area contributed by atoms with Crippen LogP contribution >= 0.6 is 0 Å². The maximum atomic E-state index is 5.32. The van der Waals surface area contributed by atoms with Gasteiger partial charge in [-0.3, -0.25) is 0 Å². The summed E-state index contributed by atoms with van der Waals surface area (Å²) in [6, 6.07) is 6.05. The fraction of sp³-hybridized carbons (Fsp3) is 0.600. The molecule has 1 aromatic rings. The molecule has 108 valence electrons. The summed E-state index contributed by atoms with van der Waals surface area (Å²) in [4.78, 5) is 2.29. The highest BCUT2D eigenvalue weighted by molar-refractivity contribution is 5.42. The minimum Gasteiger partial charge on any atom is -0.493 e. The second-order valence-corrected chi connectivity index (χ2v) is 5.50. The van der Waals surface area contributed by atoms with Crippen LogP contribution in [0.4, 0.5) is 0 Å². The van der Waals surface area contributed by atoms with Crippen LogP contribution in [0, 0.1) is 0 Å². The van der Waals surface area contributed by atoms with Gasteiger partial charge in [0, 0.05) is 18.6 Å². The third-order valence-corrected chi connectivity index (χ3v) is 3.24. The zero-order chi connectivity index (χ0) is 14.5. The molecule has 0 atom stereocenters. The van der Waals surface area contributed by atoms with Crippen molar-refractivity contribution in [1.29, 1.82) is 0 Å². The molecule has 0 heterocycles. The number of nitrogens with one attached hydrogen (secondary N) is 1. The standard InChI is InChI=1S/C15H26N2O2/c1-15(2,16-3)11-17(4)10-12-7-8-13(18-5)14(9-12)19-6/h7-9,16H,10-11H2,1-6H3. The average molecular weight is 266 g/mol. The monoisotopic (exact) mass is 266 g/mol. The number of methoxy groups -OCH3 is 2. The van der Waals surface area contributed by atoms with Crippen LogP contribution in [-0.2, 0) is 6.54 Å². The minimum absolute atomic E-state index is 0.102. The number of rotatable bonds is 7. The number of nitrogens with zero attached hydrogens (tertiary/aromatic N) is 1. The van der Waals surface area contributed by atoms with E-state index in [1.165, 1.54) is 5.56 Å². The molecule has 0 radical (unpaired) electrons. The van der Waals surface area contributed by atoms with Gasteiger partial charge < -0.3 is 19.7 Å². The predicted octanol–water partition coefficient (Wildman–Crippen LogP) is 2.13. The Bertz CT molecular complexity index is 405. The van der Waals surface area contributed by atoms with Gasteiger partial charge in [0.2, 0.25) is 0 Å². The Balaban J connectivity index is 2.72. The van der Waals surface area contributed by atoms with Crippen molar-refractivity contribution in [3.8, 4) is 11.5 Å². The van der Waals surface area contributed by atoms with E-state index in [9.17, 15) is 0 Å². The SMILES string of the molecule is CNC(C)(C)CN(C)Cc1ccc(OC)c(OC)c1. The van der Waals surface area contributed by atoms with Crippen LogP contribution in [-0.4, -0.2) is 45.3 Å². The first-order valence-electron chi connectivity index (χ1n) is 6.50. The van der Waals surface area contributed by atoms with Crippen LogP contribution in [0.2, 0.25) is 0 Å². The summed E-state index contributed by atoms with van der Waals surface area (Å²) < 4.78 is 10.6. The molecule has 0 amide bonds. The molecule has 19 heavy (non-hydrogen) atoms. The van der Waals surface area contributed by atoms with Crippen molar-refractivity contribution in [3.05, 3.63) is 23.8 Å². The van der Waals surface area contributed by atoms with Gasteiger partial charge >= 0.3 is 0 Å². The highest BCUT2D eigenvalue weighted by Crippen LogP contribution is 2.28. The summed E-state index contributed by atoms with van der Waals surface area (Å²) in [5.41, 5.74) is 1.32. The Kier molecular flexibility index (Phi) is 5.63. The summed E-state index contributed by atoms with van der Waals surface area (Å²) in [5.74, 6) is 1.55. The fourth-order valence-electron chi connectivity index (χ4n) is 2.10. The summed E-state index contributed by atoms with van der Waals surface area (Å²) >= 11 is 0. The van der Waals surface area contributed by atoms with E-state index in [4.69, 9.17) is 9.47 Å². The Morgan fingerprint density at radius 2 is 1.79 bits per heavy atom. The van der Waals surface area contributed by atoms with Crippen LogP contribution in [0.25, 0.3) is 0 Å². The molecule has 0 aromatic heterocycles. The first kappa shape index (κ1) is 15.8. The molecule has 0 bridgehead atoms. The molecular weight excluding hydrogens is 240 g/mol. The van der Waals surface area contributed by atoms with Gasteiger partial charge in [-0.2, -0.15) is 0 Å². The molecule has 4 nitrogen and oxygen atoms in total. The van der Waals surface area contributed by atoms with E-state index in [1.54, 1.807) is 14.2 Å². The molecule has 1 aromatic carbocycles. The van der Waals surface area contributed by atoms with Gasteiger partial charge in [0.05, 0.1) is 14.2 Å². The number of hydrogen-bond acceptors (Lipinski definition) is 4. The lowest BCUT2D eigenvalue weighted by Crippen LogP contribution is -2.46. The highest BCUT2D eigenvalue weighted by Gasteiger charge is 2.17. The molecule has 1 rings (SSSR count). The van der Waals surface area contributed by atoms with E-state index < -0.39 is 0 Å². The molecule has 0 fully saturated rings. The Labute approximate surface area is 116 Å². The quantitative estimate of drug-likeness (QED) is 0.820. The number of ether oxygens (including phenoxy) is 2. The summed E-state index contributed by atoms with van der Waals surface area (Å²) in [6.07, 6.45) is 0. The van der Waals surface area contributed by atoms with Gasteiger partial charge in [-0.1, -0.05) is 6.07 Å². The van der Waals surface area contributed by atoms with Crippen molar-refractivity contribution in [2.75, 3.05) is 34.9 Å². The van der Waals surface area contributed by atoms with E-state index in [1.807, 2.05) is 19.2 Å². The maximum Gasteiger partial charge on any atom is 0.161 e. The second kappa shape index (κ2) is 6.78. The maximum absolute atomic E-state index is 5.32. The second-order valence-electron chi connectivity index (χ2n) is 5.50. The molecule has 0 saturated heterocycles. The lowest BCUT2D eigenvalue weighted by atomic mass is 10.1. The van der Waals surface area contributed by atoms with Crippen molar-refractivity contribution < 1.29 is 9.47 Å². The average Bonchev–Trinajstić information content (AvgIpc) is 2.37. The molecule has 0 unspecified atom stereocenters. The Hall–Kier alpha value is -1.26. The van der Waals surface area contributed by atoms with Crippen LogP contribution in [0.3, 0.4) is 0 Å². The molecule has 1 N–H and O–H groups in total. The summed E-state index contributed by atoms with van der Waals surface area (Å²) in [7, 11) is 7.43. The topological polar surface area (TPSA) is 33.7 Å². The van der Waals surface area contributed by atoms with Gasteiger partial charge in [-0.05, 0) is 45.6 Å². The highest BCUT2D eigenvalue weighted by atomic mass is 16.5. The van der Waals surface area contributed by atoms with Crippen molar-refractivity contribution >= 4 is 0 Å². The fourth-order valence-corrected chi connectivity index (χ4v) is 2.10. The first-order valence-corrected chi connectivity index (χ1v) is 6.50. The van der Waals surface area contributed by atoms with E-state index in [0.29, 0.717) is 0 Å². The number of hydrogen-bond donors (Lipinski definition) is 1. The molecule has 0 aliphatic rings. The lowest BCUT2D eigenvalue weighted by Gasteiger charge is -2.30. The van der Waals surface area contributed by atoms with Crippen LogP contribution in [0.15, 0.2) is 18.2 Å². The van der Waals surface area contributed by atoms with Gasteiger partial charge in [0.1, 0.15) is 0 Å². The molecule has 0 aliphatic heterocycles. The number of likely N-dealkylation sites (N-methyl/N-ethyl adjacent to an activating group) is 2. The number of benzene rings is 1. The Morgan fingerprint density at radius 3 is 2.32 bits per heavy atom. The van der Waals surface area contributed by atoms with E-state index in [0.717, 1.165) is 24.6 Å². The minimum atomic E-state index is 0.102. The Morgan fingerprint density at radius 1 is 1.16 bits per heavy atom. The normalized spacial score (nSPS) is 11.7. The largest absolute Gasteiger partial charge is 0.493 e. The van der Waals surface area contributed by atoms with E-state index in [-0.39, 0.29) is 5.54 Å². The van der Waals surface area contributed by atoms with Crippen LogP contribution in [0.1, 0.15) is 19.4 Å². The smallest absolute Gasteiger partial charge is 0.161 e. The van der Waals surface area contributed by atoms with Gasteiger partial charge in [-0.15, -0.1) is 0 Å². The molecule has 0 aliphatic carbocycles. The van der Waals surface area contributed by atoms with Crippen LogP contribution in [0.5, 0.6) is 11.5 Å². The molecular formula is C15H26N2O2. The van der Waals surface area contributed by atoms with Crippen LogP contribution < -0.4 is 14.8 Å². The van der Waals surface area contributed by atoms with Crippen molar-refractivity contribution in [2.24, 2.45) is 0 Å².